The standard InChI is InChI=1S/C14H12I2N2O3/c1-7-3-11(8(2)21-7)14(20)18-17-6-9-4-10(15)5-12(16)13(9)19/h3-6,19H,1-2H3,(H,18,20). The number of carbonyl (C=O) groups excluding carboxylic acids is 1. The van der Waals surface area contributed by atoms with E-state index < -0.39 is 0 Å². The first-order chi connectivity index (χ1) is 9.88. The molecule has 0 radical (unpaired) electrons. The second-order valence-electron chi connectivity index (χ2n) is 4.35. The first-order valence-corrected chi connectivity index (χ1v) is 8.12. The van der Waals surface area contributed by atoms with Crippen LogP contribution in [0.5, 0.6) is 5.75 Å². The van der Waals surface area contributed by atoms with Crippen LogP contribution in [0.1, 0.15) is 27.4 Å². The third kappa shape index (κ3) is 3.96. The van der Waals surface area contributed by atoms with Gasteiger partial charge in [-0.3, -0.25) is 4.79 Å². The molecule has 0 unspecified atom stereocenters. The molecule has 5 nitrogen and oxygen atoms in total. The Kier molecular flexibility index (Phi) is 5.25. The molecule has 0 atom stereocenters. The molecular weight excluding hydrogens is 498 g/mol. The molecule has 0 aliphatic rings. The molecular formula is C14H12I2N2O3. The first-order valence-electron chi connectivity index (χ1n) is 5.97. The Hall–Kier alpha value is -1.10. The third-order valence-corrected chi connectivity index (χ3v) is 4.16. The number of phenolic OH excluding ortho intramolecular Hbond substituents is 1. The summed E-state index contributed by atoms with van der Waals surface area (Å²) in [5.74, 6) is 1.02. The number of hydrazone groups is 1. The second-order valence-corrected chi connectivity index (χ2v) is 6.76. The number of halogens is 2. The summed E-state index contributed by atoms with van der Waals surface area (Å²) in [4.78, 5) is 11.9. The maximum atomic E-state index is 11.9. The largest absolute Gasteiger partial charge is 0.506 e. The van der Waals surface area contributed by atoms with Crippen LogP contribution in [0, 0.1) is 21.0 Å². The highest BCUT2D eigenvalue weighted by molar-refractivity contribution is 14.1. The van der Waals surface area contributed by atoms with Crippen LogP contribution >= 0.6 is 45.2 Å². The van der Waals surface area contributed by atoms with Crippen LogP contribution in [-0.2, 0) is 0 Å². The number of nitrogens with zero attached hydrogens (tertiary/aromatic N) is 1. The highest BCUT2D eigenvalue weighted by Gasteiger charge is 2.12. The summed E-state index contributed by atoms with van der Waals surface area (Å²) in [5.41, 5.74) is 3.42. The Morgan fingerprint density at radius 2 is 2.05 bits per heavy atom. The van der Waals surface area contributed by atoms with E-state index in [4.69, 9.17) is 4.42 Å². The highest BCUT2D eigenvalue weighted by atomic mass is 127. The van der Waals surface area contributed by atoms with E-state index in [9.17, 15) is 9.90 Å². The van der Waals surface area contributed by atoms with Crippen LogP contribution in [0.25, 0.3) is 0 Å². The van der Waals surface area contributed by atoms with Crippen molar-refractivity contribution in [1.29, 1.82) is 0 Å². The quantitative estimate of drug-likeness (QED) is 0.377. The predicted octanol–water partition coefficient (Wildman–Crippen LogP) is 3.58. The smallest absolute Gasteiger partial charge is 0.274 e. The van der Waals surface area contributed by atoms with Crippen LogP contribution in [0.3, 0.4) is 0 Å². The van der Waals surface area contributed by atoms with Gasteiger partial charge in [0.1, 0.15) is 17.3 Å². The number of amides is 1. The summed E-state index contributed by atoms with van der Waals surface area (Å²) >= 11 is 4.19. The molecule has 1 aromatic heterocycles. The minimum atomic E-state index is -0.347. The minimum Gasteiger partial charge on any atom is -0.506 e. The Morgan fingerprint density at radius 1 is 1.33 bits per heavy atom. The lowest BCUT2D eigenvalue weighted by Crippen LogP contribution is -2.17. The minimum absolute atomic E-state index is 0.143. The average Bonchev–Trinajstić information content (AvgIpc) is 2.74. The van der Waals surface area contributed by atoms with Crippen molar-refractivity contribution >= 4 is 57.3 Å². The molecule has 0 saturated carbocycles. The number of phenols is 1. The van der Waals surface area contributed by atoms with Gasteiger partial charge in [-0.1, -0.05) is 0 Å². The molecule has 0 aliphatic carbocycles. The Morgan fingerprint density at radius 3 is 2.67 bits per heavy atom. The first kappa shape index (κ1) is 16.3. The molecule has 2 N–H and O–H groups in total. The molecule has 0 spiro atoms. The Bertz CT molecular complexity index is 723. The van der Waals surface area contributed by atoms with Gasteiger partial charge in [-0.2, -0.15) is 5.10 Å². The Balaban J connectivity index is 2.13. The van der Waals surface area contributed by atoms with Gasteiger partial charge >= 0.3 is 0 Å². The summed E-state index contributed by atoms with van der Waals surface area (Å²) < 4.78 is 7.00. The molecule has 0 aliphatic heterocycles. The van der Waals surface area contributed by atoms with Crippen molar-refractivity contribution in [3.8, 4) is 5.75 Å². The van der Waals surface area contributed by atoms with Crippen molar-refractivity contribution in [3.05, 3.63) is 48.0 Å². The summed E-state index contributed by atoms with van der Waals surface area (Å²) in [6.07, 6.45) is 1.42. The zero-order valence-corrected chi connectivity index (χ0v) is 15.6. The van der Waals surface area contributed by atoms with Crippen LogP contribution in [0.2, 0.25) is 0 Å². The van der Waals surface area contributed by atoms with Crippen LogP contribution in [0.15, 0.2) is 27.7 Å². The number of carbonyl (C=O) groups is 1. The number of nitrogens with one attached hydrogen (secondary N) is 1. The molecule has 1 aromatic carbocycles. The van der Waals surface area contributed by atoms with Gasteiger partial charge in [-0.25, -0.2) is 5.43 Å². The predicted molar refractivity (Wildman–Crippen MR) is 96.8 cm³/mol. The molecule has 21 heavy (non-hydrogen) atoms. The lowest BCUT2D eigenvalue weighted by atomic mass is 10.2. The van der Waals surface area contributed by atoms with Crippen molar-refractivity contribution < 1.29 is 14.3 Å². The van der Waals surface area contributed by atoms with E-state index in [1.54, 1.807) is 26.0 Å². The monoisotopic (exact) mass is 510 g/mol. The highest BCUT2D eigenvalue weighted by Crippen LogP contribution is 2.25. The van der Waals surface area contributed by atoms with Gasteiger partial charge in [-0.05, 0) is 77.2 Å². The number of hydrogen-bond donors (Lipinski definition) is 2. The van der Waals surface area contributed by atoms with E-state index >= 15 is 0 Å². The van der Waals surface area contributed by atoms with Crippen LogP contribution in [0.4, 0.5) is 0 Å². The summed E-state index contributed by atoms with van der Waals surface area (Å²) in [5, 5.41) is 13.8. The van der Waals surface area contributed by atoms with E-state index in [2.05, 4.69) is 33.1 Å². The number of aryl methyl sites for hydroxylation is 2. The third-order valence-electron chi connectivity index (χ3n) is 2.71. The number of rotatable bonds is 3. The maximum Gasteiger partial charge on any atom is 0.274 e. The molecule has 7 heteroatoms. The normalized spacial score (nSPS) is 11.0. The zero-order chi connectivity index (χ0) is 15.6. The van der Waals surface area contributed by atoms with Gasteiger partial charge in [0.2, 0.25) is 0 Å². The lowest BCUT2D eigenvalue weighted by Gasteiger charge is -2.03. The van der Waals surface area contributed by atoms with E-state index in [0.29, 0.717) is 22.6 Å². The van der Waals surface area contributed by atoms with Crippen molar-refractivity contribution in [1.82, 2.24) is 5.43 Å². The van der Waals surface area contributed by atoms with Gasteiger partial charge in [-0.15, -0.1) is 0 Å². The van der Waals surface area contributed by atoms with E-state index in [1.165, 1.54) is 6.21 Å². The van der Waals surface area contributed by atoms with Gasteiger partial charge in [0.25, 0.3) is 5.91 Å². The molecule has 0 fully saturated rings. The fraction of sp³-hybridized carbons (Fsp3) is 0.143. The van der Waals surface area contributed by atoms with Crippen molar-refractivity contribution in [3.63, 3.8) is 0 Å². The fourth-order valence-corrected chi connectivity index (χ4v) is 3.65. The second kappa shape index (κ2) is 6.77. The Labute approximate surface area is 149 Å². The number of hydrogen-bond acceptors (Lipinski definition) is 4. The molecule has 1 heterocycles. The summed E-state index contributed by atoms with van der Waals surface area (Å²) in [6, 6.07) is 5.29. The van der Waals surface area contributed by atoms with Gasteiger partial charge in [0.15, 0.2) is 0 Å². The van der Waals surface area contributed by atoms with Gasteiger partial charge in [0.05, 0.1) is 15.3 Å². The molecule has 1 amide bonds. The van der Waals surface area contributed by atoms with Gasteiger partial charge in [0, 0.05) is 9.13 Å². The molecule has 2 rings (SSSR count). The zero-order valence-electron chi connectivity index (χ0n) is 11.3. The van der Waals surface area contributed by atoms with Crippen LogP contribution < -0.4 is 5.43 Å². The molecule has 0 saturated heterocycles. The van der Waals surface area contributed by atoms with E-state index in [1.807, 2.05) is 28.7 Å². The maximum absolute atomic E-state index is 11.9. The van der Waals surface area contributed by atoms with E-state index in [-0.39, 0.29) is 11.7 Å². The van der Waals surface area contributed by atoms with Crippen molar-refractivity contribution in [2.45, 2.75) is 13.8 Å². The molecule has 2 aromatic rings. The van der Waals surface area contributed by atoms with E-state index in [0.717, 1.165) is 7.14 Å². The fourth-order valence-electron chi connectivity index (χ4n) is 1.76. The molecule has 0 bridgehead atoms. The summed E-state index contributed by atoms with van der Waals surface area (Å²) in [7, 11) is 0. The van der Waals surface area contributed by atoms with Crippen molar-refractivity contribution in [2.75, 3.05) is 0 Å². The van der Waals surface area contributed by atoms with Crippen molar-refractivity contribution in [2.24, 2.45) is 5.10 Å². The molecule has 110 valence electrons. The van der Waals surface area contributed by atoms with Crippen LogP contribution in [-0.4, -0.2) is 17.2 Å². The van der Waals surface area contributed by atoms with Gasteiger partial charge < -0.3 is 9.52 Å². The summed E-state index contributed by atoms with van der Waals surface area (Å²) in [6.45, 7) is 3.50. The number of furan rings is 1. The SMILES string of the molecule is Cc1cc(C(=O)NN=Cc2cc(I)cc(I)c2O)c(C)o1. The number of aromatic hydroxyl groups is 1. The average molecular weight is 510 g/mol. The number of benzene rings is 1. The lowest BCUT2D eigenvalue weighted by molar-refractivity contribution is 0.0953. The topological polar surface area (TPSA) is 74.8 Å².